The lowest BCUT2D eigenvalue weighted by molar-refractivity contribution is 0.478. The van der Waals surface area contributed by atoms with Gasteiger partial charge in [-0.05, 0) is 42.5 Å². The van der Waals surface area contributed by atoms with Gasteiger partial charge in [-0.3, -0.25) is 0 Å². The summed E-state index contributed by atoms with van der Waals surface area (Å²) in [5.41, 5.74) is 1.16. The van der Waals surface area contributed by atoms with E-state index in [2.05, 4.69) is 44.4 Å². The highest BCUT2D eigenvalue weighted by Gasteiger charge is 2.29. The largest absolute Gasteiger partial charge is 0.457 e. The molecule has 2 heterocycles. The number of hydrogen-bond acceptors (Lipinski definition) is 5. The molecule has 1 aliphatic carbocycles. The van der Waals surface area contributed by atoms with Crippen molar-refractivity contribution in [3.05, 3.63) is 88.4 Å². The monoisotopic (exact) mass is 419 g/mol. The van der Waals surface area contributed by atoms with E-state index in [1.54, 1.807) is 23.1 Å². The van der Waals surface area contributed by atoms with E-state index in [0.717, 1.165) is 40.2 Å². The molecule has 0 saturated heterocycles. The van der Waals surface area contributed by atoms with Crippen molar-refractivity contribution in [1.29, 1.82) is 0 Å². The normalized spacial score (nSPS) is 13.5. The average Bonchev–Trinajstić information content (AvgIpc) is 3.30. The molecular formula is C23H21N3OS2. The molecular weight excluding hydrogens is 398 g/mol. The van der Waals surface area contributed by atoms with Crippen LogP contribution in [0.3, 0.4) is 0 Å². The lowest BCUT2D eigenvalue weighted by Gasteiger charge is -2.12. The zero-order valence-electron chi connectivity index (χ0n) is 15.9. The number of thiophene rings is 1. The Morgan fingerprint density at radius 2 is 1.79 bits per heavy atom. The number of nitrogens with zero attached hydrogens (tertiary/aromatic N) is 3. The number of hydrogen-bond donors (Lipinski definition) is 0. The first-order chi connectivity index (χ1) is 14.4. The minimum absolute atomic E-state index is 0.554. The van der Waals surface area contributed by atoms with E-state index in [9.17, 15) is 0 Å². The Morgan fingerprint density at radius 1 is 0.966 bits per heavy atom. The molecule has 1 aliphatic rings. The number of para-hydroxylation sites is 2. The lowest BCUT2D eigenvalue weighted by Crippen LogP contribution is -2.03. The Bertz CT molecular complexity index is 1070. The Kier molecular flexibility index (Phi) is 5.37. The Labute approximate surface area is 178 Å². The minimum atomic E-state index is 0.554. The number of ether oxygens (including phenoxy) is 1. The molecule has 4 nitrogen and oxygen atoms in total. The van der Waals surface area contributed by atoms with Crippen LogP contribution in [0, 0.1) is 0 Å². The van der Waals surface area contributed by atoms with Crippen LogP contribution < -0.4 is 4.74 Å². The summed E-state index contributed by atoms with van der Waals surface area (Å²) < 4.78 is 8.46. The van der Waals surface area contributed by atoms with Gasteiger partial charge in [-0.1, -0.05) is 54.2 Å². The molecule has 1 saturated carbocycles. The number of benzene rings is 2. The minimum Gasteiger partial charge on any atom is -0.457 e. The van der Waals surface area contributed by atoms with Crippen LogP contribution in [0.1, 0.15) is 35.1 Å². The first kappa shape index (κ1) is 18.5. The van der Waals surface area contributed by atoms with Gasteiger partial charge in [0.05, 0.1) is 0 Å². The van der Waals surface area contributed by atoms with Crippen molar-refractivity contribution in [3.63, 3.8) is 0 Å². The number of rotatable bonds is 8. The maximum atomic E-state index is 6.11. The summed E-state index contributed by atoms with van der Waals surface area (Å²) in [5.74, 6) is 3.62. The fourth-order valence-corrected chi connectivity index (χ4v) is 4.99. The van der Waals surface area contributed by atoms with Crippen molar-refractivity contribution in [1.82, 2.24) is 14.8 Å². The fraction of sp³-hybridized carbons (Fsp3) is 0.217. The van der Waals surface area contributed by atoms with Gasteiger partial charge < -0.3 is 9.30 Å². The zero-order valence-corrected chi connectivity index (χ0v) is 17.5. The van der Waals surface area contributed by atoms with Crippen LogP contribution in [0.2, 0.25) is 0 Å². The van der Waals surface area contributed by atoms with Gasteiger partial charge in [-0.25, -0.2) is 0 Å². The summed E-state index contributed by atoms with van der Waals surface area (Å²) in [6, 6.07) is 22.9. The first-order valence-corrected chi connectivity index (χ1v) is 11.6. The second-order valence-electron chi connectivity index (χ2n) is 7.07. The van der Waals surface area contributed by atoms with Crippen LogP contribution in [-0.4, -0.2) is 14.8 Å². The molecule has 0 spiro atoms. The van der Waals surface area contributed by atoms with Crippen LogP contribution in [0.4, 0.5) is 0 Å². The molecule has 2 aromatic heterocycles. The standard InChI is InChI=1S/C23H21N3OS2/c1-2-8-19(9-3-1)27-21-11-5-4-7-17(21)16-29-23-25-24-22(26(23)18-12-13-18)15-20-10-6-14-28-20/h1-11,14,18H,12-13,15-16H2. The SMILES string of the molecule is c1ccc(Oc2ccccc2CSc2nnc(Cc3cccs3)n2C2CC2)cc1. The van der Waals surface area contributed by atoms with E-state index in [1.165, 1.54) is 17.7 Å². The van der Waals surface area contributed by atoms with E-state index in [0.29, 0.717) is 6.04 Å². The predicted molar refractivity (Wildman–Crippen MR) is 118 cm³/mol. The molecule has 0 amide bonds. The van der Waals surface area contributed by atoms with Crippen molar-refractivity contribution < 1.29 is 4.74 Å². The summed E-state index contributed by atoms with van der Waals surface area (Å²) in [5, 5.41) is 12.2. The highest BCUT2D eigenvalue weighted by molar-refractivity contribution is 7.98. The van der Waals surface area contributed by atoms with Gasteiger partial charge >= 0.3 is 0 Å². The van der Waals surface area contributed by atoms with E-state index < -0.39 is 0 Å². The van der Waals surface area contributed by atoms with E-state index in [4.69, 9.17) is 4.74 Å². The Morgan fingerprint density at radius 3 is 2.59 bits per heavy atom. The summed E-state index contributed by atoms with van der Waals surface area (Å²) in [4.78, 5) is 1.33. The molecule has 0 atom stereocenters. The maximum Gasteiger partial charge on any atom is 0.191 e. The molecule has 0 bridgehead atoms. The van der Waals surface area contributed by atoms with E-state index in [1.807, 2.05) is 42.5 Å². The summed E-state index contributed by atoms with van der Waals surface area (Å²) in [6.07, 6.45) is 3.29. The summed E-state index contributed by atoms with van der Waals surface area (Å²) in [7, 11) is 0. The third kappa shape index (κ3) is 4.38. The molecule has 0 unspecified atom stereocenters. The van der Waals surface area contributed by atoms with Crippen molar-refractivity contribution in [2.45, 2.75) is 36.2 Å². The molecule has 29 heavy (non-hydrogen) atoms. The molecule has 146 valence electrons. The van der Waals surface area contributed by atoms with Crippen LogP contribution in [0.5, 0.6) is 11.5 Å². The molecule has 0 aliphatic heterocycles. The van der Waals surface area contributed by atoms with Crippen molar-refractivity contribution in [2.75, 3.05) is 0 Å². The molecule has 1 fully saturated rings. The fourth-order valence-electron chi connectivity index (χ4n) is 3.28. The smallest absolute Gasteiger partial charge is 0.191 e. The Balaban J connectivity index is 1.34. The van der Waals surface area contributed by atoms with Gasteiger partial charge in [0.15, 0.2) is 5.16 Å². The maximum absolute atomic E-state index is 6.11. The third-order valence-corrected chi connectivity index (χ3v) is 6.73. The van der Waals surface area contributed by atoms with Crippen molar-refractivity contribution in [2.24, 2.45) is 0 Å². The second kappa shape index (κ2) is 8.43. The average molecular weight is 420 g/mol. The molecule has 6 heteroatoms. The van der Waals surface area contributed by atoms with E-state index in [-0.39, 0.29) is 0 Å². The highest BCUT2D eigenvalue weighted by Crippen LogP contribution is 2.40. The topological polar surface area (TPSA) is 39.9 Å². The zero-order chi connectivity index (χ0) is 19.5. The second-order valence-corrected chi connectivity index (χ2v) is 9.04. The molecule has 4 aromatic rings. The van der Waals surface area contributed by atoms with Gasteiger partial charge in [-0.2, -0.15) is 0 Å². The first-order valence-electron chi connectivity index (χ1n) is 9.76. The van der Waals surface area contributed by atoms with Crippen LogP contribution in [0.25, 0.3) is 0 Å². The number of aromatic nitrogens is 3. The van der Waals surface area contributed by atoms with Gasteiger partial charge in [0.2, 0.25) is 0 Å². The lowest BCUT2D eigenvalue weighted by atomic mass is 10.2. The third-order valence-electron chi connectivity index (χ3n) is 4.86. The molecule has 0 N–H and O–H groups in total. The van der Waals surface area contributed by atoms with E-state index >= 15 is 0 Å². The predicted octanol–water partition coefficient (Wildman–Crippen LogP) is 6.35. The Hall–Kier alpha value is -2.57. The van der Waals surface area contributed by atoms with Crippen LogP contribution >= 0.6 is 23.1 Å². The summed E-state index contributed by atoms with van der Waals surface area (Å²) >= 11 is 3.52. The molecule has 0 radical (unpaired) electrons. The van der Waals surface area contributed by atoms with Gasteiger partial charge in [0, 0.05) is 28.7 Å². The molecule has 2 aromatic carbocycles. The van der Waals surface area contributed by atoms with Gasteiger partial charge in [0.25, 0.3) is 0 Å². The van der Waals surface area contributed by atoms with Crippen LogP contribution in [0.15, 0.2) is 77.3 Å². The summed E-state index contributed by atoms with van der Waals surface area (Å²) in [6.45, 7) is 0. The van der Waals surface area contributed by atoms with Crippen molar-refractivity contribution >= 4 is 23.1 Å². The number of thioether (sulfide) groups is 1. The van der Waals surface area contributed by atoms with Gasteiger partial charge in [-0.15, -0.1) is 21.5 Å². The van der Waals surface area contributed by atoms with Crippen LogP contribution in [-0.2, 0) is 12.2 Å². The molecule has 5 rings (SSSR count). The van der Waals surface area contributed by atoms with Crippen molar-refractivity contribution in [3.8, 4) is 11.5 Å². The quantitative estimate of drug-likeness (QED) is 0.312. The van der Waals surface area contributed by atoms with Gasteiger partial charge in [0.1, 0.15) is 17.3 Å². The highest BCUT2D eigenvalue weighted by atomic mass is 32.2.